The Kier molecular flexibility index (Phi) is 4.95. The van der Waals surface area contributed by atoms with Crippen molar-refractivity contribution in [1.29, 1.82) is 5.26 Å². The Morgan fingerprint density at radius 3 is 2.92 bits per heavy atom. The summed E-state index contributed by atoms with van der Waals surface area (Å²) in [5, 5.41) is 12.6. The van der Waals surface area contributed by atoms with E-state index in [0.717, 1.165) is 23.6 Å². The van der Waals surface area contributed by atoms with Gasteiger partial charge in [0.1, 0.15) is 16.7 Å². The summed E-state index contributed by atoms with van der Waals surface area (Å²) in [5.41, 5.74) is 0.314. The SMILES string of the molecule is Cc1[nH]c(=O)nc(SCC(=O)N[C@H](C)[C@@H]2C[C@H]3CC[C@H]2C3)c1C#N. The number of amides is 1. The van der Waals surface area contributed by atoms with E-state index in [4.69, 9.17) is 0 Å². The summed E-state index contributed by atoms with van der Waals surface area (Å²) in [6.07, 6.45) is 5.20. The van der Waals surface area contributed by atoms with Gasteiger partial charge in [-0.15, -0.1) is 0 Å². The first-order chi connectivity index (χ1) is 11.5. The normalized spacial score (nSPS) is 26.1. The minimum absolute atomic E-state index is 0.0705. The number of aromatic amines is 1. The zero-order valence-corrected chi connectivity index (χ0v) is 14.8. The highest BCUT2D eigenvalue weighted by Gasteiger charge is 2.42. The Hall–Kier alpha value is -1.81. The van der Waals surface area contributed by atoms with Crippen molar-refractivity contribution in [2.24, 2.45) is 17.8 Å². The predicted molar refractivity (Wildman–Crippen MR) is 91.6 cm³/mol. The maximum absolute atomic E-state index is 12.2. The molecule has 1 heterocycles. The van der Waals surface area contributed by atoms with Gasteiger partial charge in [0, 0.05) is 11.7 Å². The van der Waals surface area contributed by atoms with Crippen molar-refractivity contribution in [3.63, 3.8) is 0 Å². The first-order valence-electron chi connectivity index (χ1n) is 8.41. The molecule has 2 aliphatic rings. The number of thioether (sulfide) groups is 1. The lowest BCUT2D eigenvalue weighted by atomic mass is 9.84. The largest absolute Gasteiger partial charge is 0.353 e. The maximum atomic E-state index is 12.2. The summed E-state index contributed by atoms with van der Waals surface area (Å²) >= 11 is 1.14. The first kappa shape index (κ1) is 17.0. The van der Waals surface area contributed by atoms with Crippen LogP contribution in [-0.2, 0) is 4.79 Å². The molecule has 128 valence electrons. The predicted octanol–water partition coefficient (Wildman–Crippen LogP) is 1.98. The van der Waals surface area contributed by atoms with Crippen LogP contribution in [0.25, 0.3) is 0 Å². The zero-order chi connectivity index (χ0) is 17.3. The van der Waals surface area contributed by atoms with Crippen molar-refractivity contribution in [2.75, 3.05) is 5.75 Å². The van der Waals surface area contributed by atoms with Gasteiger partial charge >= 0.3 is 5.69 Å². The minimum atomic E-state index is -0.496. The number of nitriles is 1. The lowest BCUT2D eigenvalue weighted by Crippen LogP contribution is -2.41. The summed E-state index contributed by atoms with van der Waals surface area (Å²) in [7, 11) is 0. The smallest absolute Gasteiger partial charge is 0.346 e. The fraction of sp³-hybridized carbons (Fsp3) is 0.647. The molecule has 2 N–H and O–H groups in total. The van der Waals surface area contributed by atoms with Crippen molar-refractivity contribution >= 4 is 17.7 Å². The van der Waals surface area contributed by atoms with Crippen molar-refractivity contribution in [1.82, 2.24) is 15.3 Å². The highest BCUT2D eigenvalue weighted by molar-refractivity contribution is 8.00. The van der Waals surface area contributed by atoms with E-state index in [2.05, 4.69) is 22.2 Å². The molecule has 3 rings (SSSR count). The molecule has 0 saturated heterocycles. The average Bonchev–Trinajstić information content (AvgIpc) is 3.15. The summed E-state index contributed by atoms with van der Waals surface area (Å²) in [4.78, 5) is 30.0. The quantitative estimate of drug-likeness (QED) is 0.627. The number of H-pyrrole nitrogens is 1. The number of aromatic nitrogens is 2. The number of carbonyl (C=O) groups is 1. The second-order valence-electron chi connectivity index (χ2n) is 6.94. The molecule has 6 nitrogen and oxygen atoms in total. The van der Waals surface area contributed by atoms with Gasteiger partial charge in [0.05, 0.1) is 5.75 Å². The number of nitrogens with zero attached hydrogens (tertiary/aromatic N) is 2. The molecule has 2 fully saturated rings. The van der Waals surface area contributed by atoms with Gasteiger partial charge in [0.25, 0.3) is 0 Å². The standard InChI is InChI=1S/C17H22N4O2S/c1-9(13-6-11-3-4-12(13)5-11)19-15(22)8-24-16-14(7-18)10(2)20-17(23)21-16/h9,11-13H,3-6,8H2,1-2H3,(H,19,22)(H,20,21,23)/t9-,11+,12+,13+/m1/s1. The molecule has 2 bridgehead atoms. The fourth-order valence-corrected chi connectivity index (χ4v) is 5.08. The molecule has 0 aromatic carbocycles. The topological polar surface area (TPSA) is 98.6 Å². The Bertz CT molecular complexity index is 739. The van der Waals surface area contributed by atoms with E-state index < -0.39 is 5.69 Å². The Labute approximate surface area is 145 Å². The van der Waals surface area contributed by atoms with E-state index >= 15 is 0 Å². The molecule has 0 spiro atoms. The molecule has 2 saturated carbocycles. The molecule has 1 aromatic rings. The van der Waals surface area contributed by atoms with Gasteiger partial charge in [-0.1, -0.05) is 18.2 Å². The van der Waals surface area contributed by atoms with E-state index in [1.54, 1.807) is 6.92 Å². The third kappa shape index (κ3) is 3.48. The molecule has 1 aromatic heterocycles. The van der Waals surface area contributed by atoms with Crippen molar-refractivity contribution in [2.45, 2.75) is 50.6 Å². The number of hydrogen-bond donors (Lipinski definition) is 2. The number of hydrogen-bond acceptors (Lipinski definition) is 5. The van der Waals surface area contributed by atoms with Gasteiger partial charge < -0.3 is 10.3 Å². The molecule has 4 atom stereocenters. The molecule has 2 aliphatic carbocycles. The van der Waals surface area contributed by atoms with Crippen LogP contribution in [0.5, 0.6) is 0 Å². The second-order valence-corrected chi connectivity index (χ2v) is 7.91. The Morgan fingerprint density at radius 1 is 1.50 bits per heavy atom. The second kappa shape index (κ2) is 6.98. The lowest BCUT2D eigenvalue weighted by Gasteiger charge is -2.28. The van der Waals surface area contributed by atoms with Crippen molar-refractivity contribution in [3.8, 4) is 6.07 Å². The third-order valence-electron chi connectivity index (χ3n) is 5.36. The lowest BCUT2D eigenvalue weighted by molar-refractivity contribution is -0.119. The number of fused-ring (bicyclic) bond motifs is 2. The molecular weight excluding hydrogens is 324 g/mol. The molecule has 1 amide bonds. The highest BCUT2D eigenvalue weighted by atomic mass is 32.2. The average molecular weight is 346 g/mol. The number of rotatable bonds is 5. The van der Waals surface area contributed by atoms with Gasteiger partial charge in [-0.2, -0.15) is 10.2 Å². The van der Waals surface area contributed by atoms with Crippen molar-refractivity contribution < 1.29 is 4.79 Å². The van der Waals surface area contributed by atoms with E-state index in [9.17, 15) is 14.9 Å². The van der Waals surface area contributed by atoms with Crippen LogP contribution in [0.1, 0.15) is 43.9 Å². The van der Waals surface area contributed by atoms with Crippen LogP contribution in [0.4, 0.5) is 0 Å². The molecular formula is C17H22N4O2S. The van der Waals surface area contributed by atoms with Crippen molar-refractivity contribution in [3.05, 3.63) is 21.7 Å². The highest BCUT2D eigenvalue weighted by Crippen LogP contribution is 2.49. The minimum Gasteiger partial charge on any atom is -0.353 e. The van der Waals surface area contributed by atoms with Crippen LogP contribution >= 0.6 is 11.8 Å². The van der Waals surface area contributed by atoms with E-state index in [1.807, 2.05) is 6.07 Å². The van der Waals surface area contributed by atoms with Gasteiger partial charge in [-0.25, -0.2) is 4.79 Å². The van der Waals surface area contributed by atoms with Gasteiger partial charge in [0.15, 0.2) is 0 Å². The van der Waals surface area contributed by atoms with Gasteiger partial charge in [-0.05, 0) is 50.9 Å². The van der Waals surface area contributed by atoms with Crippen LogP contribution in [0.3, 0.4) is 0 Å². The Morgan fingerprint density at radius 2 is 2.29 bits per heavy atom. The number of carbonyl (C=O) groups excluding carboxylic acids is 1. The monoisotopic (exact) mass is 346 g/mol. The molecule has 0 unspecified atom stereocenters. The van der Waals surface area contributed by atoms with Gasteiger partial charge in [-0.3, -0.25) is 4.79 Å². The molecule has 7 heteroatoms. The third-order valence-corrected chi connectivity index (χ3v) is 6.34. The zero-order valence-electron chi connectivity index (χ0n) is 14.0. The van der Waals surface area contributed by atoms with E-state index in [1.165, 1.54) is 25.7 Å². The van der Waals surface area contributed by atoms with Gasteiger partial charge in [0.2, 0.25) is 5.91 Å². The summed E-state index contributed by atoms with van der Waals surface area (Å²) < 4.78 is 0. The van der Waals surface area contributed by atoms with E-state index in [-0.39, 0.29) is 17.7 Å². The molecule has 0 aliphatic heterocycles. The number of aryl methyl sites for hydroxylation is 1. The fourth-order valence-electron chi connectivity index (χ4n) is 4.24. The van der Waals surface area contributed by atoms with Crippen LogP contribution < -0.4 is 11.0 Å². The van der Waals surface area contributed by atoms with Crippen LogP contribution in [0.2, 0.25) is 0 Å². The summed E-state index contributed by atoms with van der Waals surface area (Å²) in [6.45, 7) is 3.74. The summed E-state index contributed by atoms with van der Waals surface area (Å²) in [6, 6.07) is 2.21. The summed E-state index contributed by atoms with van der Waals surface area (Å²) in [5.74, 6) is 2.30. The number of nitrogens with one attached hydrogen (secondary N) is 2. The van der Waals surface area contributed by atoms with Crippen LogP contribution in [-0.4, -0.2) is 27.7 Å². The first-order valence-corrected chi connectivity index (χ1v) is 9.39. The van der Waals surface area contributed by atoms with E-state index in [0.29, 0.717) is 22.2 Å². The van der Waals surface area contributed by atoms with Crippen LogP contribution in [0.15, 0.2) is 9.82 Å². The maximum Gasteiger partial charge on any atom is 0.346 e. The van der Waals surface area contributed by atoms with Crippen LogP contribution in [0, 0.1) is 36.0 Å². The molecule has 24 heavy (non-hydrogen) atoms. The molecule has 0 radical (unpaired) electrons. The Balaban J connectivity index is 1.56.